The van der Waals surface area contributed by atoms with Crippen molar-refractivity contribution < 1.29 is 28.1 Å². The summed E-state index contributed by atoms with van der Waals surface area (Å²) in [7, 11) is 4.61. The van der Waals surface area contributed by atoms with Crippen LogP contribution in [-0.2, 0) is 12.8 Å². The van der Waals surface area contributed by atoms with Crippen LogP contribution in [-0.4, -0.2) is 37.5 Å². The molecule has 0 radical (unpaired) electrons. The molecule has 3 aromatic rings. The van der Waals surface area contributed by atoms with Gasteiger partial charge in [0.2, 0.25) is 11.6 Å². The number of benzene rings is 1. The van der Waals surface area contributed by atoms with Gasteiger partial charge in [-0.25, -0.2) is 0 Å². The number of amides is 1. The van der Waals surface area contributed by atoms with Gasteiger partial charge in [-0.1, -0.05) is 17.2 Å². The molecule has 30 heavy (non-hydrogen) atoms. The largest absolute Gasteiger partial charge is 0.493 e. The van der Waals surface area contributed by atoms with Crippen LogP contribution < -0.4 is 19.5 Å². The predicted octanol–water partition coefficient (Wildman–Crippen LogP) is 3.73. The Morgan fingerprint density at radius 2 is 1.80 bits per heavy atom. The summed E-state index contributed by atoms with van der Waals surface area (Å²) in [5, 5.41) is 10.7. The Bertz CT molecular complexity index is 1050. The minimum atomic E-state index is -0.387. The summed E-state index contributed by atoms with van der Waals surface area (Å²) in [6.45, 7) is 2.15. The normalized spacial score (nSPS) is 15.4. The second-order valence-corrected chi connectivity index (χ2v) is 7.23. The van der Waals surface area contributed by atoms with E-state index in [4.69, 9.17) is 23.3 Å². The lowest BCUT2D eigenvalue weighted by Crippen LogP contribution is -2.17. The van der Waals surface area contributed by atoms with E-state index in [0.29, 0.717) is 40.1 Å². The van der Waals surface area contributed by atoms with Crippen LogP contribution in [0.1, 0.15) is 35.2 Å². The van der Waals surface area contributed by atoms with Crippen molar-refractivity contribution in [2.24, 2.45) is 5.92 Å². The SMILES string of the molecule is COc1cc(-c2cc(NC(=O)c3noc4c3C[C@@H](C)CC4)on2)cc(OC)c1OC. The molecule has 4 rings (SSSR count). The Morgan fingerprint density at radius 3 is 2.47 bits per heavy atom. The number of fused-ring (bicyclic) bond motifs is 1. The standard InChI is InChI=1S/C21H23N3O6/c1-11-5-6-15-13(7-11)19(24-29-15)21(25)22-18-10-14(23-30-18)12-8-16(26-2)20(28-4)17(9-12)27-3/h8-11H,5-7H2,1-4H3,(H,22,25)/t11-/m0/s1. The molecule has 9 heteroatoms. The van der Waals surface area contributed by atoms with Gasteiger partial charge in [-0.2, -0.15) is 0 Å². The number of rotatable bonds is 6. The van der Waals surface area contributed by atoms with Crippen molar-refractivity contribution in [3.05, 3.63) is 35.2 Å². The molecular weight excluding hydrogens is 390 g/mol. The van der Waals surface area contributed by atoms with Crippen LogP contribution in [0.2, 0.25) is 0 Å². The van der Waals surface area contributed by atoms with Crippen LogP contribution in [0.15, 0.2) is 27.2 Å². The maximum Gasteiger partial charge on any atom is 0.280 e. The first-order valence-corrected chi connectivity index (χ1v) is 9.59. The van der Waals surface area contributed by atoms with Crippen LogP contribution in [0.5, 0.6) is 17.2 Å². The number of nitrogens with zero attached hydrogens (tertiary/aromatic N) is 2. The highest BCUT2D eigenvalue weighted by Crippen LogP contribution is 2.41. The summed E-state index contributed by atoms with van der Waals surface area (Å²) in [5.41, 5.74) is 2.35. The zero-order chi connectivity index (χ0) is 21.3. The fraction of sp³-hybridized carbons (Fsp3) is 0.381. The monoisotopic (exact) mass is 413 g/mol. The van der Waals surface area contributed by atoms with Gasteiger partial charge >= 0.3 is 0 Å². The zero-order valence-electron chi connectivity index (χ0n) is 17.3. The number of hydrogen-bond acceptors (Lipinski definition) is 8. The predicted molar refractivity (Wildman–Crippen MR) is 107 cm³/mol. The van der Waals surface area contributed by atoms with Crippen molar-refractivity contribution in [1.29, 1.82) is 0 Å². The van der Waals surface area contributed by atoms with Crippen LogP contribution in [0.4, 0.5) is 5.88 Å². The van der Waals surface area contributed by atoms with E-state index in [0.717, 1.165) is 30.6 Å². The summed E-state index contributed by atoms with van der Waals surface area (Å²) in [6, 6.07) is 5.12. The molecule has 1 aliphatic rings. The van der Waals surface area contributed by atoms with Gasteiger partial charge in [0, 0.05) is 23.6 Å². The maximum atomic E-state index is 12.7. The number of aromatic nitrogens is 2. The van der Waals surface area contributed by atoms with E-state index >= 15 is 0 Å². The van der Waals surface area contributed by atoms with Crippen molar-refractivity contribution in [1.82, 2.24) is 10.3 Å². The number of anilines is 1. The zero-order valence-corrected chi connectivity index (χ0v) is 17.3. The Kier molecular flexibility index (Phi) is 5.35. The van der Waals surface area contributed by atoms with E-state index in [1.165, 1.54) is 21.3 Å². The fourth-order valence-electron chi connectivity index (χ4n) is 3.63. The molecular formula is C21H23N3O6. The molecule has 158 valence electrons. The van der Waals surface area contributed by atoms with Gasteiger partial charge in [0.1, 0.15) is 11.5 Å². The Hall–Kier alpha value is -3.49. The summed E-state index contributed by atoms with van der Waals surface area (Å²) in [5.74, 6) is 2.54. The number of carbonyl (C=O) groups excluding carboxylic acids is 1. The highest BCUT2D eigenvalue weighted by atomic mass is 16.5. The summed E-state index contributed by atoms with van der Waals surface area (Å²) >= 11 is 0. The second-order valence-electron chi connectivity index (χ2n) is 7.23. The molecule has 1 aromatic carbocycles. The van der Waals surface area contributed by atoms with Crippen molar-refractivity contribution in [2.75, 3.05) is 26.6 Å². The van der Waals surface area contributed by atoms with Gasteiger partial charge in [0.15, 0.2) is 17.2 Å². The molecule has 0 fully saturated rings. The topological polar surface area (TPSA) is 109 Å². The van der Waals surface area contributed by atoms with Gasteiger partial charge in [0.25, 0.3) is 5.91 Å². The van der Waals surface area contributed by atoms with E-state index in [-0.39, 0.29) is 11.8 Å². The van der Waals surface area contributed by atoms with Crippen LogP contribution in [0.3, 0.4) is 0 Å². The Labute approximate surface area is 173 Å². The minimum absolute atomic E-state index is 0.198. The van der Waals surface area contributed by atoms with E-state index in [9.17, 15) is 4.79 Å². The van der Waals surface area contributed by atoms with E-state index in [1.807, 2.05) is 0 Å². The van der Waals surface area contributed by atoms with Gasteiger partial charge < -0.3 is 23.3 Å². The Morgan fingerprint density at radius 1 is 1.07 bits per heavy atom. The molecule has 0 saturated heterocycles. The molecule has 0 aliphatic heterocycles. The highest BCUT2D eigenvalue weighted by Gasteiger charge is 2.27. The van der Waals surface area contributed by atoms with Gasteiger partial charge in [-0.3, -0.25) is 10.1 Å². The molecule has 2 heterocycles. The number of nitrogens with one attached hydrogen (secondary N) is 1. The van der Waals surface area contributed by atoms with Gasteiger partial charge in [0.05, 0.1) is 21.3 Å². The summed E-state index contributed by atoms with van der Waals surface area (Å²) in [4.78, 5) is 12.7. The highest BCUT2D eigenvalue weighted by molar-refractivity contribution is 6.03. The first-order valence-electron chi connectivity index (χ1n) is 9.59. The molecule has 2 aromatic heterocycles. The molecule has 0 spiro atoms. The van der Waals surface area contributed by atoms with Crippen LogP contribution in [0.25, 0.3) is 11.3 Å². The molecule has 9 nitrogen and oxygen atoms in total. The van der Waals surface area contributed by atoms with Crippen molar-refractivity contribution in [3.63, 3.8) is 0 Å². The molecule has 1 atom stereocenters. The van der Waals surface area contributed by atoms with Crippen molar-refractivity contribution in [3.8, 4) is 28.5 Å². The number of aryl methyl sites for hydroxylation is 1. The van der Waals surface area contributed by atoms with Crippen molar-refractivity contribution >= 4 is 11.8 Å². The van der Waals surface area contributed by atoms with Crippen molar-refractivity contribution in [2.45, 2.75) is 26.2 Å². The fourth-order valence-corrected chi connectivity index (χ4v) is 3.63. The van der Waals surface area contributed by atoms with Crippen LogP contribution >= 0.6 is 0 Å². The summed E-state index contributed by atoms with van der Waals surface area (Å²) in [6.07, 6.45) is 2.60. The molecule has 1 amide bonds. The average Bonchev–Trinajstić information content (AvgIpc) is 3.39. The molecule has 1 aliphatic carbocycles. The number of carbonyl (C=O) groups is 1. The van der Waals surface area contributed by atoms with Gasteiger partial charge in [-0.15, -0.1) is 0 Å². The molecule has 1 N–H and O–H groups in total. The lowest BCUT2D eigenvalue weighted by molar-refractivity contribution is 0.101. The van der Waals surface area contributed by atoms with E-state index < -0.39 is 0 Å². The Balaban J connectivity index is 1.57. The first kappa shape index (κ1) is 19.8. The molecule has 0 bridgehead atoms. The third kappa shape index (κ3) is 3.58. The molecule has 0 unspecified atom stereocenters. The number of ether oxygens (including phenoxy) is 3. The summed E-state index contributed by atoms with van der Waals surface area (Å²) < 4.78 is 26.7. The van der Waals surface area contributed by atoms with E-state index in [2.05, 4.69) is 22.6 Å². The van der Waals surface area contributed by atoms with E-state index in [1.54, 1.807) is 18.2 Å². The smallest absolute Gasteiger partial charge is 0.280 e. The molecule has 0 saturated carbocycles. The second kappa shape index (κ2) is 8.10. The number of methoxy groups -OCH3 is 3. The number of hydrogen-bond donors (Lipinski definition) is 1. The lowest BCUT2D eigenvalue weighted by atomic mass is 9.88. The lowest BCUT2D eigenvalue weighted by Gasteiger charge is -2.16. The average molecular weight is 413 g/mol. The van der Waals surface area contributed by atoms with Gasteiger partial charge in [-0.05, 0) is 30.9 Å². The van der Waals surface area contributed by atoms with Crippen LogP contribution in [0, 0.1) is 5.92 Å². The first-order chi connectivity index (χ1) is 14.5. The quantitative estimate of drug-likeness (QED) is 0.651. The third-order valence-corrected chi connectivity index (χ3v) is 5.21. The minimum Gasteiger partial charge on any atom is -0.493 e. The maximum absolute atomic E-state index is 12.7. The third-order valence-electron chi connectivity index (χ3n) is 5.21.